The summed E-state index contributed by atoms with van der Waals surface area (Å²) in [6.07, 6.45) is 2.66. The first-order valence-electron chi connectivity index (χ1n) is 5.21. The topological polar surface area (TPSA) is 9.23 Å². The minimum absolute atomic E-state index is 0.819. The van der Waals surface area contributed by atoms with Crippen LogP contribution in [0.25, 0.3) is 0 Å². The van der Waals surface area contributed by atoms with Gasteiger partial charge in [-0.15, -0.1) is 0 Å². The largest absolute Gasteiger partial charge is 0.385 e. The summed E-state index contributed by atoms with van der Waals surface area (Å²) in [6.45, 7) is 13.5. The van der Waals surface area contributed by atoms with Crippen LogP contribution in [0, 0.1) is 5.92 Å². The molecule has 0 amide bonds. The fourth-order valence-electron chi connectivity index (χ4n) is 0.289. The Morgan fingerprint density at radius 2 is 1.25 bits per heavy atom. The molecule has 0 bridgehead atoms. The number of methoxy groups -OCH3 is 1. The van der Waals surface area contributed by atoms with Gasteiger partial charge in [0.15, 0.2) is 0 Å². The van der Waals surface area contributed by atoms with Crippen molar-refractivity contribution in [1.82, 2.24) is 0 Å². The fraction of sp³-hybridized carbons (Fsp3) is 1.00. The summed E-state index contributed by atoms with van der Waals surface area (Å²) in [5.41, 5.74) is 0. The zero-order chi connectivity index (χ0) is 10.4. The molecule has 1 heteroatoms. The third kappa shape index (κ3) is 32.5. The lowest BCUT2D eigenvalue weighted by Gasteiger charge is -1.98. The maximum absolute atomic E-state index is 4.54. The van der Waals surface area contributed by atoms with Crippen LogP contribution in [-0.4, -0.2) is 13.7 Å². The van der Waals surface area contributed by atoms with Gasteiger partial charge < -0.3 is 4.74 Å². The van der Waals surface area contributed by atoms with E-state index in [-0.39, 0.29) is 0 Å². The van der Waals surface area contributed by atoms with Crippen LogP contribution in [0.1, 0.15) is 54.4 Å². The fourth-order valence-corrected chi connectivity index (χ4v) is 0.289. The number of hydrogen-bond acceptors (Lipinski definition) is 1. The SMILES string of the molecule is CC.CCC(C)CC.CCOC. The van der Waals surface area contributed by atoms with Crippen LogP contribution in [0.3, 0.4) is 0 Å². The Bertz CT molecular complexity index is 38.3. The summed E-state index contributed by atoms with van der Waals surface area (Å²) < 4.78 is 4.54. The summed E-state index contributed by atoms with van der Waals surface area (Å²) in [7, 11) is 1.68. The van der Waals surface area contributed by atoms with Crippen LogP contribution in [0.2, 0.25) is 0 Å². The highest BCUT2D eigenvalue weighted by molar-refractivity contribution is 4.41. The van der Waals surface area contributed by atoms with Gasteiger partial charge in [0.2, 0.25) is 0 Å². The molecule has 0 aliphatic rings. The summed E-state index contributed by atoms with van der Waals surface area (Å²) in [5.74, 6) is 0.935. The number of hydrogen-bond donors (Lipinski definition) is 0. The normalized spacial score (nSPS) is 8.00. The second-order valence-corrected chi connectivity index (χ2v) is 2.50. The molecule has 0 unspecified atom stereocenters. The number of ether oxygens (including phenoxy) is 1. The van der Waals surface area contributed by atoms with E-state index in [1.54, 1.807) is 7.11 Å². The molecule has 0 rings (SSSR count). The van der Waals surface area contributed by atoms with Gasteiger partial charge in [-0.25, -0.2) is 0 Å². The maximum atomic E-state index is 4.54. The molecular formula is C11H28O. The van der Waals surface area contributed by atoms with Gasteiger partial charge in [-0.3, -0.25) is 0 Å². The average Bonchev–Trinajstić information content (AvgIpc) is 2.20. The Hall–Kier alpha value is -0.0400. The molecule has 1 nitrogen and oxygen atoms in total. The lowest BCUT2D eigenvalue weighted by atomic mass is 10.1. The van der Waals surface area contributed by atoms with Crippen LogP contribution in [0.15, 0.2) is 0 Å². The lowest BCUT2D eigenvalue weighted by molar-refractivity contribution is 0.215. The van der Waals surface area contributed by atoms with Crippen molar-refractivity contribution in [3.63, 3.8) is 0 Å². The van der Waals surface area contributed by atoms with E-state index in [0.29, 0.717) is 0 Å². The third-order valence-electron chi connectivity index (χ3n) is 1.68. The van der Waals surface area contributed by atoms with Crippen LogP contribution < -0.4 is 0 Å². The second kappa shape index (κ2) is 22.4. The van der Waals surface area contributed by atoms with Gasteiger partial charge in [-0.1, -0.05) is 47.5 Å². The van der Waals surface area contributed by atoms with Gasteiger partial charge in [-0.2, -0.15) is 0 Å². The van der Waals surface area contributed by atoms with Crippen molar-refractivity contribution in [1.29, 1.82) is 0 Å². The van der Waals surface area contributed by atoms with E-state index in [4.69, 9.17) is 0 Å². The summed E-state index contributed by atoms with van der Waals surface area (Å²) >= 11 is 0. The molecule has 0 saturated carbocycles. The molecule has 0 spiro atoms. The molecular weight excluding hydrogens is 148 g/mol. The van der Waals surface area contributed by atoms with Gasteiger partial charge in [0.1, 0.15) is 0 Å². The van der Waals surface area contributed by atoms with Crippen molar-refractivity contribution < 1.29 is 4.74 Å². The maximum Gasteiger partial charge on any atom is 0.0433 e. The van der Waals surface area contributed by atoms with E-state index in [1.807, 2.05) is 20.8 Å². The summed E-state index contributed by atoms with van der Waals surface area (Å²) in [5, 5.41) is 0. The van der Waals surface area contributed by atoms with Crippen LogP contribution in [0.4, 0.5) is 0 Å². The first-order chi connectivity index (χ1) is 5.72. The highest BCUT2D eigenvalue weighted by atomic mass is 16.5. The second-order valence-electron chi connectivity index (χ2n) is 2.50. The zero-order valence-corrected chi connectivity index (χ0v) is 10.1. The molecule has 0 fully saturated rings. The van der Waals surface area contributed by atoms with Crippen molar-refractivity contribution in [2.75, 3.05) is 13.7 Å². The number of rotatable bonds is 3. The third-order valence-corrected chi connectivity index (χ3v) is 1.68. The quantitative estimate of drug-likeness (QED) is 0.628. The summed E-state index contributed by atoms with van der Waals surface area (Å²) in [4.78, 5) is 0. The van der Waals surface area contributed by atoms with E-state index in [0.717, 1.165) is 12.5 Å². The predicted octanol–water partition coefficient (Wildman–Crippen LogP) is 4.12. The van der Waals surface area contributed by atoms with E-state index in [9.17, 15) is 0 Å². The molecule has 0 aromatic carbocycles. The Balaban J connectivity index is -0.000000118. The van der Waals surface area contributed by atoms with Crippen molar-refractivity contribution >= 4 is 0 Å². The Morgan fingerprint density at radius 1 is 1.00 bits per heavy atom. The first-order valence-corrected chi connectivity index (χ1v) is 5.21. The molecule has 0 N–H and O–H groups in total. The van der Waals surface area contributed by atoms with E-state index < -0.39 is 0 Å². The minimum Gasteiger partial charge on any atom is -0.385 e. The van der Waals surface area contributed by atoms with Gasteiger partial charge >= 0.3 is 0 Å². The molecule has 0 aliphatic carbocycles. The molecule has 0 atom stereocenters. The first kappa shape index (κ1) is 17.9. The summed E-state index contributed by atoms with van der Waals surface area (Å²) in [6, 6.07) is 0. The van der Waals surface area contributed by atoms with Crippen LogP contribution in [0.5, 0.6) is 0 Å². The lowest BCUT2D eigenvalue weighted by Crippen LogP contribution is -1.85. The molecule has 0 aliphatic heterocycles. The standard InChI is InChI=1S/C6H14.C3H8O.C2H6/c1-4-6(3)5-2;1-3-4-2;1-2/h6H,4-5H2,1-3H3;3H2,1-2H3;1-2H3. The van der Waals surface area contributed by atoms with Crippen molar-refractivity contribution in [2.45, 2.75) is 54.4 Å². The van der Waals surface area contributed by atoms with Gasteiger partial charge in [-0.05, 0) is 12.8 Å². The van der Waals surface area contributed by atoms with Crippen molar-refractivity contribution in [3.8, 4) is 0 Å². The Morgan fingerprint density at radius 3 is 1.25 bits per heavy atom. The molecule has 78 valence electrons. The van der Waals surface area contributed by atoms with Gasteiger partial charge in [0.05, 0.1) is 0 Å². The van der Waals surface area contributed by atoms with Gasteiger partial charge in [0, 0.05) is 13.7 Å². The molecule has 0 saturated heterocycles. The van der Waals surface area contributed by atoms with E-state index in [2.05, 4.69) is 25.5 Å². The zero-order valence-electron chi connectivity index (χ0n) is 10.1. The monoisotopic (exact) mass is 176 g/mol. The van der Waals surface area contributed by atoms with Crippen molar-refractivity contribution in [3.05, 3.63) is 0 Å². The van der Waals surface area contributed by atoms with E-state index in [1.165, 1.54) is 12.8 Å². The molecule has 0 aromatic rings. The molecule has 0 aromatic heterocycles. The van der Waals surface area contributed by atoms with Crippen LogP contribution >= 0.6 is 0 Å². The minimum atomic E-state index is 0.819. The highest BCUT2D eigenvalue weighted by Gasteiger charge is 1.88. The predicted molar refractivity (Wildman–Crippen MR) is 58.6 cm³/mol. The highest BCUT2D eigenvalue weighted by Crippen LogP contribution is 2.02. The van der Waals surface area contributed by atoms with E-state index >= 15 is 0 Å². The van der Waals surface area contributed by atoms with Crippen molar-refractivity contribution in [2.24, 2.45) is 5.92 Å². The average molecular weight is 176 g/mol. The van der Waals surface area contributed by atoms with Crippen LogP contribution in [-0.2, 0) is 4.74 Å². The Labute approximate surface area is 79.5 Å². The molecule has 12 heavy (non-hydrogen) atoms. The molecule has 0 heterocycles. The molecule has 0 radical (unpaired) electrons. The Kier molecular flexibility index (Phi) is 33.5. The van der Waals surface area contributed by atoms with Gasteiger partial charge in [0.25, 0.3) is 0 Å². The smallest absolute Gasteiger partial charge is 0.0433 e.